The van der Waals surface area contributed by atoms with Crippen molar-refractivity contribution in [2.24, 2.45) is 0 Å². The molecule has 3 nitrogen and oxygen atoms in total. The number of nitrogens with zero attached hydrogens (tertiary/aromatic N) is 2. The van der Waals surface area contributed by atoms with Gasteiger partial charge in [-0.3, -0.25) is 0 Å². The molecule has 0 unspecified atom stereocenters. The first kappa shape index (κ1) is 23.6. The van der Waals surface area contributed by atoms with Crippen LogP contribution in [0.3, 0.4) is 0 Å². The zero-order valence-corrected chi connectivity index (χ0v) is 22.3. The topological polar surface area (TPSA) is 33.2 Å². The fourth-order valence-electron chi connectivity index (χ4n) is 4.72. The summed E-state index contributed by atoms with van der Waals surface area (Å²) in [6.45, 7) is 7.56. The summed E-state index contributed by atoms with van der Waals surface area (Å²) in [7, 11) is 0. The van der Waals surface area contributed by atoms with E-state index in [1.165, 1.54) is 57.4 Å². The molecule has 0 spiro atoms. The number of hydrogen-bond acceptors (Lipinski definition) is 2. The Hall–Kier alpha value is -1.07. The number of amides is 1. The van der Waals surface area contributed by atoms with Gasteiger partial charge in [-0.2, -0.15) is 0 Å². The van der Waals surface area contributed by atoms with Crippen molar-refractivity contribution in [3.63, 3.8) is 0 Å². The quantitative estimate of drug-likeness (QED) is 0.293. The van der Waals surface area contributed by atoms with Crippen molar-refractivity contribution in [3.05, 3.63) is 52.7 Å². The molecular weight excluding hydrogens is 498 g/mol. The van der Waals surface area contributed by atoms with Crippen LogP contribution < -0.4 is 8.48 Å². The van der Waals surface area contributed by atoms with E-state index in [0.717, 1.165) is 5.56 Å². The van der Waals surface area contributed by atoms with Crippen LogP contribution in [-0.2, 0) is 6.54 Å². The maximum atomic E-state index is 13.0. The summed E-state index contributed by atoms with van der Waals surface area (Å²) in [5.41, 5.74) is 2.02. The van der Waals surface area contributed by atoms with Gasteiger partial charge in [-0.1, -0.05) is 0 Å². The van der Waals surface area contributed by atoms with Crippen molar-refractivity contribution < 1.29 is 4.79 Å². The first-order chi connectivity index (χ1) is 14.5. The van der Waals surface area contributed by atoms with Crippen molar-refractivity contribution in [1.29, 1.82) is 0 Å². The molecule has 1 aromatic heterocycles. The molecule has 0 N–H and O–H groups in total. The molecule has 162 valence electrons. The number of halogens is 1. The van der Waals surface area contributed by atoms with Gasteiger partial charge in [-0.05, 0) is 0 Å². The summed E-state index contributed by atoms with van der Waals surface area (Å²) in [4.78, 5) is 19.2. The van der Waals surface area contributed by atoms with E-state index >= 15 is 0 Å². The van der Waals surface area contributed by atoms with Crippen LogP contribution in [0.15, 0.2) is 36.5 Å². The Morgan fingerprint density at radius 3 is 2.13 bits per heavy atom. The molecule has 5 heteroatoms. The van der Waals surface area contributed by atoms with Crippen LogP contribution >= 0.6 is 11.6 Å². The Kier molecular flexibility index (Phi) is 8.64. The van der Waals surface area contributed by atoms with Gasteiger partial charge in [0.25, 0.3) is 0 Å². The molecule has 2 heterocycles. The molecule has 2 aromatic rings. The minimum atomic E-state index is -2.49. The zero-order chi connectivity index (χ0) is 21.6. The van der Waals surface area contributed by atoms with E-state index in [0.29, 0.717) is 17.4 Å². The SMILES string of the molecule is CCC[CH2][Sn]([CH2]CCC)([CH2]CCC)[c]1ccc2c(c1)CN(c1ccc(Cl)cn1)C2=O. The third-order valence-corrected chi connectivity index (χ3v) is 22.4. The first-order valence-electron chi connectivity index (χ1n) is 11.6. The van der Waals surface area contributed by atoms with Gasteiger partial charge in [0.05, 0.1) is 0 Å². The van der Waals surface area contributed by atoms with E-state index in [2.05, 4.69) is 44.0 Å². The summed E-state index contributed by atoms with van der Waals surface area (Å²) in [5.74, 6) is 0.739. The Morgan fingerprint density at radius 1 is 0.967 bits per heavy atom. The number of aromatic nitrogens is 1. The van der Waals surface area contributed by atoms with E-state index in [1.807, 2.05) is 6.07 Å². The van der Waals surface area contributed by atoms with Crippen molar-refractivity contribution in [2.45, 2.75) is 79.2 Å². The van der Waals surface area contributed by atoms with E-state index in [-0.39, 0.29) is 5.91 Å². The molecule has 0 atom stereocenters. The van der Waals surface area contributed by atoms with Crippen molar-refractivity contribution in [1.82, 2.24) is 4.98 Å². The molecule has 0 saturated carbocycles. The van der Waals surface area contributed by atoms with Gasteiger partial charge in [-0.25, -0.2) is 0 Å². The fourth-order valence-corrected chi connectivity index (χ4v) is 20.9. The van der Waals surface area contributed by atoms with Crippen LogP contribution in [0.5, 0.6) is 0 Å². The van der Waals surface area contributed by atoms with Gasteiger partial charge >= 0.3 is 192 Å². The number of fused-ring (bicyclic) bond motifs is 1. The van der Waals surface area contributed by atoms with Crippen LogP contribution in [0.4, 0.5) is 5.82 Å². The van der Waals surface area contributed by atoms with Crippen molar-refractivity contribution >= 4 is 45.3 Å². The van der Waals surface area contributed by atoms with Gasteiger partial charge in [0.2, 0.25) is 0 Å². The second-order valence-corrected chi connectivity index (χ2v) is 22.4. The summed E-state index contributed by atoms with van der Waals surface area (Å²) in [6.07, 6.45) is 9.48. The molecule has 30 heavy (non-hydrogen) atoms. The van der Waals surface area contributed by atoms with E-state index in [4.69, 9.17) is 11.6 Å². The molecule has 3 rings (SSSR count). The van der Waals surface area contributed by atoms with Gasteiger partial charge in [0.1, 0.15) is 0 Å². The average molecular weight is 534 g/mol. The Labute approximate surface area is 191 Å². The third kappa shape index (κ3) is 5.21. The first-order valence-corrected chi connectivity index (χ1v) is 19.5. The number of unbranched alkanes of at least 4 members (excludes halogenated alkanes) is 3. The normalized spacial score (nSPS) is 13.7. The van der Waals surface area contributed by atoms with Gasteiger partial charge in [0.15, 0.2) is 0 Å². The summed E-state index contributed by atoms with van der Waals surface area (Å²) >= 11 is 3.49. The van der Waals surface area contributed by atoms with Gasteiger partial charge in [-0.15, -0.1) is 0 Å². The molecule has 1 amide bonds. The van der Waals surface area contributed by atoms with Crippen LogP contribution in [0.2, 0.25) is 18.3 Å². The standard InChI is InChI=1S/C13H8ClN2O.3C4H9.Sn/c14-10-5-6-12(15-7-10)16-8-9-3-1-2-4-11(9)13(16)17;3*1-3-4-2;/h2-7H,8H2;3*1,3-4H2,2H3;. The molecule has 0 saturated heterocycles. The zero-order valence-electron chi connectivity index (χ0n) is 18.7. The fraction of sp³-hybridized carbons (Fsp3) is 0.520. The van der Waals surface area contributed by atoms with Gasteiger partial charge in [0, 0.05) is 0 Å². The Balaban J connectivity index is 1.93. The Bertz CT molecular complexity index is 831. The summed E-state index contributed by atoms with van der Waals surface area (Å²) in [6, 6.07) is 10.5. The van der Waals surface area contributed by atoms with Crippen LogP contribution in [0.1, 0.15) is 75.2 Å². The number of carbonyl (C=O) groups is 1. The van der Waals surface area contributed by atoms with Crippen LogP contribution in [0, 0.1) is 0 Å². The summed E-state index contributed by atoms with van der Waals surface area (Å²) in [5, 5.41) is 0.590. The van der Waals surface area contributed by atoms with E-state index in [9.17, 15) is 4.79 Å². The van der Waals surface area contributed by atoms with Crippen LogP contribution in [-0.4, -0.2) is 29.3 Å². The minimum absolute atomic E-state index is 0.0582. The molecule has 1 aliphatic heterocycles. The molecule has 0 radical (unpaired) electrons. The number of hydrogen-bond donors (Lipinski definition) is 0. The van der Waals surface area contributed by atoms with Crippen molar-refractivity contribution in [3.8, 4) is 0 Å². The molecule has 0 aliphatic carbocycles. The van der Waals surface area contributed by atoms with E-state index in [1.54, 1.807) is 20.7 Å². The molecule has 1 aliphatic rings. The molecule has 1 aromatic carbocycles. The second kappa shape index (κ2) is 11.0. The second-order valence-electron chi connectivity index (χ2n) is 8.69. The van der Waals surface area contributed by atoms with Crippen LogP contribution in [0.25, 0.3) is 0 Å². The monoisotopic (exact) mass is 534 g/mol. The number of benzene rings is 1. The number of anilines is 1. The molecule has 0 bridgehead atoms. The number of carbonyl (C=O) groups excluding carboxylic acids is 1. The third-order valence-electron chi connectivity index (χ3n) is 6.54. The Morgan fingerprint density at radius 2 is 1.60 bits per heavy atom. The molecular formula is C25H35ClN2OSn. The average Bonchev–Trinajstić information content (AvgIpc) is 3.10. The van der Waals surface area contributed by atoms with Crippen molar-refractivity contribution in [2.75, 3.05) is 4.90 Å². The molecule has 0 fully saturated rings. The number of pyridine rings is 1. The maximum absolute atomic E-state index is 13.0. The number of rotatable bonds is 11. The predicted molar refractivity (Wildman–Crippen MR) is 131 cm³/mol. The van der Waals surface area contributed by atoms with Gasteiger partial charge < -0.3 is 0 Å². The van der Waals surface area contributed by atoms with E-state index < -0.39 is 18.4 Å². The summed E-state index contributed by atoms with van der Waals surface area (Å²) < 4.78 is 5.97. The predicted octanol–water partition coefficient (Wildman–Crippen LogP) is 6.95.